The van der Waals surface area contributed by atoms with Gasteiger partial charge < -0.3 is 0 Å². The summed E-state index contributed by atoms with van der Waals surface area (Å²) in [5, 5.41) is 2.13. The highest BCUT2D eigenvalue weighted by Gasteiger charge is 2.49. The van der Waals surface area contributed by atoms with Crippen molar-refractivity contribution in [2.24, 2.45) is 82.9 Å². The van der Waals surface area contributed by atoms with Gasteiger partial charge in [0.25, 0.3) is 0 Å². The Kier molecular flexibility index (Phi) is 11.7. The Morgan fingerprint density at radius 1 is 0.367 bits per heavy atom. The molecule has 9 fully saturated rings. The molecule has 0 spiro atoms. The zero-order valence-corrected chi connectivity index (χ0v) is 33.1. The molecule has 1 saturated heterocycles. The van der Waals surface area contributed by atoms with Crippen LogP contribution in [0.4, 0.5) is 0 Å². The molecular formula is C48H80S. The zero-order valence-electron chi connectivity index (χ0n) is 32.3. The molecule has 49 heavy (non-hydrogen) atoms. The minimum absolute atomic E-state index is 1.06. The van der Waals surface area contributed by atoms with Gasteiger partial charge in [0.05, 0.1) is 0 Å². The van der Waals surface area contributed by atoms with E-state index in [1.165, 1.54) is 6.42 Å². The second-order valence-electron chi connectivity index (χ2n) is 21.1. The number of fused-ring (bicyclic) bond motifs is 4. The van der Waals surface area contributed by atoms with Crippen LogP contribution in [0.5, 0.6) is 0 Å². The average Bonchev–Trinajstić information content (AvgIpc) is 3.54. The number of hydrogen-bond donors (Lipinski definition) is 0. The summed E-state index contributed by atoms with van der Waals surface area (Å²) in [5.41, 5.74) is 0. The highest BCUT2D eigenvalue weighted by molar-refractivity contribution is 8.00. The summed E-state index contributed by atoms with van der Waals surface area (Å²) in [6, 6.07) is 0. The van der Waals surface area contributed by atoms with E-state index in [1.807, 2.05) is 0 Å². The summed E-state index contributed by atoms with van der Waals surface area (Å²) in [7, 11) is 0. The maximum Gasteiger partial charge on any atom is 0.00814 e. The van der Waals surface area contributed by atoms with E-state index in [4.69, 9.17) is 0 Å². The molecule has 13 unspecified atom stereocenters. The smallest absolute Gasteiger partial charge is 0.00814 e. The summed E-state index contributed by atoms with van der Waals surface area (Å²) in [6.45, 7) is 0. The van der Waals surface area contributed by atoms with Crippen LogP contribution in [0.15, 0.2) is 0 Å². The van der Waals surface area contributed by atoms with Gasteiger partial charge in [-0.15, -0.1) is 0 Å². The van der Waals surface area contributed by atoms with Gasteiger partial charge in [-0.1, -0.05) is 128 Å². The Morgan fingerprint density at radius 3 is 1.88 bits per heavy atom. The van der Waals surface area contributed by atoms with Crippen molar-refractivity contribution < 1.29 is 0 Å². The molecule has 0 aromatic carbocycles. The Morgan fingerprint density at radius 2 is 0.980 bits per heavy atom. The van der Waals surface area contributed by atoms with E-state index in [9.17, 15) is 0 Å². The van der Waals surface area contributed by atoms with Gasteiger partial charge in [-0.3, -0.25) is 0 Å². The first kappa shape index (κ1) is 35.1. The van der Waals surface area contributed by atoms with Gasteiger partial charge in [-0.25, -0.2) is 0 Å². The van der Waals surface area contributed by atoms with E-state index < -0.39 is 0 Å². The van der Waals surface area contributed by atoms with Crippen molar-refractivity contribution in [2.45, 2.75) is 216 Å². The average molecular weight is 689 g/mol. The van der Waals surface area contributed by atoms with Gasteiger partial charge in [-0.05, 0) is 160 Å². The highest BCUT2D eigenvalue weighted by atomic mass is 32.2. The molecule has 1 heterocycles. The lowest BCUT2D eigenvalue weighted by Crippen LogP contribution is -2.42. The van der Waals surface area contributed by atoms with Crippen LogP contribution in [0.25, 0.3) is 0 Å². The SMILES string of the molecule is C1CCC(C(C2CCCC(C3CCCC4CCCCC43)C2)C2CCCCC2CC2CCC(C3CCC4SC5CCCCC5C4C3)CC2)CC1. The fourth-order valence-electron chi connectivity index (χ4n) is 16.8. The lowest BCUT2D eigenvalue weighted by atomic mass is 9.54. The first-order valence-electron chi connectivity index (χ1n) is 23.9. The van der Waals surface area contributed by atoms with Crippen LogP contribution in [0.1, 0.15) is 205 Å². The van der Waals surface area contributed by atoms with Crippen LogP contribution < -0.4 is 0 Å². The van der Waals surface area contributed by atoms with Crippen molar-refractivity contribution in [1.29, 1.82) is 0 Å². The summed E-state index contributed by atoms with van der Waals surface area (Å²) in [6.07, 6.45) is 51.0. The molecule has 0 radical (unpaired) electrons. The Hall–Kier alpha value is 0.350. The van der Waals surface area contributed by atoms with E-state index in [1.54, 1.807) is 199 Å². The summed E-state index contributed by atoms with van der Waals surface area (Å²) in [5.74, 6) is 15.5. The topological polar surface area (TPSA) is 0 Å². The van der Waals surface area contributed by atoms with Crippen molar-refractivity contribution in [3.8, 4) is 0 Å². The lowest BCUT2D eigenvalue weighted by Gasteiger charge is -2.51. The maximum atomic E-state index is 2.48. The predicted molar refractivity (Wildman–Crippen MR) is 212 cm³/mol. The first-order valence-corrected chi connectivity index (χ1v) is 24.9. The lowest BCUT2D eigenvalue weighted by molar-refractivity contribution is -0.0116. The van der Waals surface area contributed by atoms with Crippen molar-refractivity contribution in [1.82, 2.24) is 0 Å². The largest absolute Gasteiger partial charge is 0.155 e. The third kappa shape index (κ3) is 7.67. The summed E-state index contributed by atoms with van der Waals surface area (Å²) < 4.78 is 0. The van der Waals surface area contributed by atoms with Crippen LogP contribution in [0.3, 0.4) is 0 Å². The molecule has 0 bridgehead atoms. The normalized spacial score (nSPS) is 49.0. The molecule has 1 heteroatoms. The summed E-state index contributed by atoms with van der Waals surface area (Å²) in [4.78, 5) is 0. The highest BCUT2D eigenvalue weighted by Crippen LogP contribution is 2.59. The van der Waals surface area contributed by atoms with E-state index in [-0.39, 0.29) is 0 Å². The summed E-state index contributed by atoms with van der Waals surface area (Å²) >= 11 is 2.48. The fraction of sp³-hybridized carbons (Fsp3) is 1.00. The first-order chi connectivity index (χ1) is 24.3. The van der Waals surface area contributed by atoms with Gasteiger partial charge in [0.15, 0.2) is 0 Å². The Bertz CT molecular complexity index is 1020. The second kappa shape index (κ2) is 16.4. The molecule has 0 N–H and O–H groups in total. The van der Waals surface area contributed by atoms with E-state index in [2.05, 4.69) is 11.8 Å². The van der Waals surface area contributed by atoms with Crippen LogP contribution in [-0.4, -0.2) is 10.5 Å². The molecule has 0 nitrogen and oxygen atoms in total. The zero-order chi connectivity index (χ0) is 32.6. The van der Waals surface area contributed by atoms with Gasteiger partial charge in [-0.2, -0.15) is 11.8 Å². The Labute approximate surface area is 309 Å². The van der Waals surface area contributed by atoms with Crippen molar-refractivity contribution in [2.75, 3.05) is 0 Å². The van der Waals surface area contributed by atoms with Crippen LogP contribution >= 0.6 is 11.8 Å². The second-order valence-corrected chi connectivity index (χ2v) is 22.6. The minimum Gasteiger partial charge on any atom is -0.155 e. The number of hydrogen-bond acceptors (Lipinski definition) is 1. The van der Waals surface area contributed by atoms with Crippen molar-refractivity contribution in [3.63, 3.8) is 0 Å². The van der Waals surface area contributed by atoms with Gasteiger partial charge >= 0.3 is 0 Å². The standard InChI is InChI=1S/C48H80S/c1-2-13-36(14-3-1)48(40-18-10-17-39(31-40)42-22-11-16-35-12-4-6-19-41(35)42)43-20-7-5-15-38(43)30-33-24-26-34(27-25-33)37-28-29-47-45(32-37)44-21-8-9-23-46(44)49-47/h33-48H,1-32H2. The third-order valence-corrected chi connectivity index (χ3v) is 20.8. The Balaban J connectivity index is 0.842. The van der Waals surface area contributed by atoms with E-state index >= 15 is 0 Å². The molecule has 0 amide bonds. The number of rotatable bonds is 7. The van der Waals surface area contributed by atoms with Crippen molar-refractivity contribution >= 4 is 11.8 Å². The predicted octanol–water partition coefficient (Wildman–Crippen LogP) is 14.7. The van der Waals surface area contributed by atoms with Gasteiger partial charge in [0.1, 0.15) is 0 Å². The molecule has 0 aromatic rings. The maximum absolute atomic E-state index is 2.48. The van der Waals surface area contributed by atoms with Crippen LogP contribution in [0.2, 0.25) is 0 Å². The van der Waals surface area contributed by atoms with E-state index in [0.29, 0.717) is 0 Å². The van der Waals surface area contributed by atoms with Crippen LogP contribution in [0, 0.1) is 82.9 Å². The minimum atomic E-state index is 1.06. The molecule has 8 aliphatic carbocycles. The molecule has 8 saturated carbocycles. The number of thioether (sulfide) groups is 1. The van der Waals surface area contributed by atoms with Gasteiger partial charge in [0.2, 0.25) is 0 Å². The molecule has 278 valence electrons. The fourth-order valence-corrected chi connectivity index (χ4v) is 18.9. The molecule has 9 rings (SSSR count). The van der Waals surface area contributed by atoms with Crippen molar-refractivity contribution in [3.05, 3.63) is 0 Å². The molecular weight excluding hydrogens is 609 g/mol. The quantitative estimate of drug-likeness (QED) is 0.257. The molecule has 9 aliphatic rings. The van der Waals surface area contributed by atoms with Gasteiger partial charge in [0, 0.05) is 10.5 Å². The third-order valence-electron chi connectivity index (χ3n) is 18.9. The van der Waals surface area contributed by atoms with E-state index in [0.717, 1.165) is 93.4 Å². The monoisotopic (exact) mass is 689 g/mol. The molecule has 0 aromatic heterocycles. The van der Waals surface area contributed by atoms with Crippen LogP contribution in [-0.2, 0) is 0 Å². The molecule has 1 aliphatic heterocycles. The molecule has 13 atom stereocenters.